The van der Waals surface area contributed by atoms with Gasteiger partial charge in [-0.2, -0.15) is 0 Å². The monoisotopic (exact) mass is 241 g/mol. The molecule has 5 heteroatoms. The Hall–Kier alpha value is -1.17. The lowest BCUT2D eigenvalue weighted by molar-refractivity contribution is 0.199. The minimum absolute atomic E-state index is 0.0153. The Labute approximate surface area is 95.7 Å². The Kier molecular flexibility index (Phi) is 4.67. The summed E-state index contributed by atoms with van der Waals surface area (Å²) in [6.07, 6.45) is 0.810. The lowest BCUT2D eigenvalue weighted by Gasteiger charge is -2.04. The number of hydrogen-bond donors (Lipinski definition) is 2. The molecule has 1 rings (SSSR count). The van der Waals surface area contributed by atoms with Crippen molar-refractivity contribution >= 4 is 16.1 Å². The summed E-state index contributed by atoms with van der Waals surface area (Å²) < 4.78 is 25.1. The Morgan fingerprint density at radius 1 is 1.38 bits per heavy atom. The van der Waals surface area contributed by atoms with Crippen LogP contribution in [-0.2, 0) is 10.0 Å². The van der Waals surface area contributed by atoms with Crippen LogP contribution in [-0.4, -0.2) is 26.2 Å². The number of aliphatic hydroxyl groups excluding tert-OH is 1. The van der Waals surface area contributed by atoms with Crippen LogP contribution in [0.4, 0.5) is 0 Å². The van der Waals surface area contributed by atoms with Gasteiger partial charge in [0.15, 0.2) is 0 Å². The van der Waals surface area contributed by atoms with Crippen molar-refractivity contribution < 1.29 is 13.5 Å². The molecule has 1 atom stereocenters. The third-order valence-corrected chi connectivity index (χ3v) is 2.88. The molecule has 0 spiro atoms. The van der Waals surface area contributed by atoms with Crippen LogP contribution >= 0.6 is 0 Å². The van der Waals surface area contributed by atoms with Crippen LogP contribution in [0.1, 0.15) is 12.5 Å². The first kappa shape index (κ1) is 12.9. The summed E-state index contributed by atoms with van der Waals surface area (Å²) in [6.45, 7) is 1.53. The zero-order chi connectivity index (χ0) is 12.0. The number of rotatable bonds is 5. The molecule has 1 aromatic carbocycles. The van der Waals surface area contributed by atoms with Gasteiger partial charge in [-0.25, -0.2) is 13.1 Å². The summed E-state index contributed by atoms with van der Waals surface area (Å²) in [5, 5.41) is 10.0. The molecule has 0 aliphatic heterocycles. The molecule has 0 heterocycles. The van der Waals surface area contributed by atoms with E-state index in [0.717, 1.165) is 11.0 Å². The number of benzene rings is 1. The van der Waals surface area contributed by atoms with Crippen molar-refractivity contribution in [1.29, 1.82) is 0 Å². The second kappa shape index (κ2) is 5.79. The lowest BCUT2D eigenvalue weighted by Crippen LogP contribution is -2.28. The zero-order valence-electron chi connectivity index (χ0n) is 9.00. The second-order valence-corrected chi connectivity index (χ2v) is 5.11. The molecule has 0 bridgehead atoms. The van der Waals surface area contributed by atoms with Gasteiger partial charge in [-0.3, -0.25) is 0 Å². The van der Waals surface area contributed by atoms with E-state index in [9.17, 15) is 8.42 Å². The van der Waals surface area contributed by atoms with Gasteiger partial charge in [0.2, 0.25) is 10.0 Å². The van der Waals surface area contributed by atoms with Crippen molar-refractivity contribution in [3.8, 4) is 0 Å². The van der Waals surface area contributed by atoms with Crippen molar-refractivity contribution in [2.75, 3.05) is 6.54 Å². The number of hydrogen-bond acceptors (Lipinski definition) is 3. The molecular weight excluding hydrogens is 226 g/mol. The molecule has 0 aliphatic carbocycles. The van der Waals surface area contributed by atoms with E-state index in [2.05, 4.69) is 4.72 Å². The van der Waals surface area contributed by atoms with E-state index in [-0.39, 0.29) is 6.54 Å². The largest absolute Gasteiger partial charge is 0.392 e. The van der Waals surface area contributed by atoms with Gasteiger partial charge in [-0.15, -0.1) is 0 Å². The van der Waals surface area contributed by atoms with Crippen molar-refractivity contribution in [2.45, 2.75) is 13.0 Å². The van der Waals surface area contributed by atoms with Crippen LogP contribution in [0.25, 0.3) is 6.08 Å². The normalized spacial score (nSPS) is 14.1. The van der Waals surface area contributed by atoms with Crippen LogP contribution in [0.3, 0.4) is 0 Å². The molecule has 16 heavy (non-hydrogen) atoms. The van der Waals surface area contributed by atoms with Crippen molar-refractivity contribution in [1.82, 2.24) is 4.72 Å². The first-order valence-corrected chi connectivity index (χ1v) is 6.45. The van der Waals surface area contributed by atoms with Crippen molar-refractivity contribution in [3.63, 3.8) is 0 Å². The summed E-state index contributed by atoms with van der Waals surface area (Å²) in [5.74, 6) is 0. The molecule has 1 aromatic rings. The number of nitrogens with one attached hydrogen (secondary N) is 1. The fourth-order valence-corrected chi connectivity index (χ4v) is 1.92. The Morgan fingerprint density at radius 2 is 2.00 bits per heavy atom. The SMILES string of the molecule is C[C@@H](O)CNS(=O)(=O)/C=C/c1ccccc1. The summed E-state index contributed by atoms with van der Waals surface area (Å²) in [5.41, 5.74) is 0.810. The third-order valence-electron chi connectivity index (χ3n) is 1.82. The molecule has 88 valence electrons. The van der Waals surface area contributed by atoms with Crippen LogP contribution in [0.2, 0.25) is 0 Å². The predicted molar refractivity (Wildman–Crippen MR) is 64.1 cm³/mol. The molecule has 0 fully saturated rings. The molecule has 0 aliphatic rings. The van der Waals surface area contributed by atoms with E-state index in [1.165, 1.54) is 13.0 Å². The Balaban J connectivity index is 2.63. The van der Waals surface area contributed by atoms with Gasteiger partial charge in [-0.05, 0) is 18.6 Å². The van der Waals surface area contributed by atoms with Crippen LogP contribution in [0.5, 0.6) is 0 Å². The molecule has 0 aromatic heterocycles. The van der Waals surface area contributed by atoms with Crippen molar-refractivity contribution in [3.05, 3.63) is 41.3 Å². The first-order chi connectivity index (χ1) is 7.49. The molecule has 2 N–H and O–H groups in total. The number of sulfonamides is 1. The fourth-order valence-electron chi connectivity index (χ4n) is 1.02. The average Bonchev–Trinajstić information content (AvgIpc) is 2.26. The van der Waals surface area contributed by atoms with Crippen LogP contribution in [0, 0.1) is 0 Å². The molecule has 0 radical (unpaired) electrons. The maximum Gasteiger partial charge on any atom is 0.233 e. The summed E-state index contributed by atoms with van der Waals surface area (Å²) in [4.78, 5) is 0. The van der Waals surface area contributed by atoms with Gasteiger partial charge in [0.05, 0.1) is 6.10 Å². The Bertz CT molecular complexity index is 438. The minimum atomic E-state index is -3.47. The molecule has 0 amide bonds. The average molecular weight is 241 g/mol. The maximum atomic E-state index is 11.4. The van der Waals surface area contributed by atoms with E-state index in [1.807, 2.05) is 18.2 Å². The highest BCUT2D eigenvalue weighted by atomic mass is 32.2. The topological polar surface area (TPSA) is 66.4 Å². The predicted octanol–water partition coefficient (Wildman–Crippen LogP) is 0.958. The van der Waals surface area contributed by atoms with Gasteiger partial charge >= 0.3 is 0 Å². The quantitative estimate of drug-likeness (QED) is 0.807. The summed E-state index contributed by atoms with van der Waals surface area (Å²) in [6, 6.07) is 9.13. The Morgan fingerprint density at radius 3 is 2.56 bits per heavy atom. The van der Waals surface area contributed by atoms with Gasteiger partial charge < -0.3 is 5.11 Å². The lowest BCUT2D eigenvalue weighted by atomic mass is 10.2. The van der Waals surface area contributed by atoms with E-state index < -0.39 is 16.1 Å². The number of aliphatic hydroxyl groups is 1. The smallest absolute Gasteiger partial charge is 0.233 e. The summed E-state index contributed by atoms with van der Waals surface area (Å²) >= 11 is 0. The van der Waals surface area contributed by atoms with Gasteiger partial charge in [0.25, 0.3) is 0 Å². The second-order valence-electron chi connectivity index (χ2n) is 3.46. The van der Waals surface area contributed by atoms with Crippen molar-refractivity contribution in [2.24, 2.45) is 0 Å². The molecule has 0 saturated heterocycles. The van der Waals surface area contributed by atoms with Crippen LogP contribution < -0.4 is 4.72 Å². The van der Waals surface area contributed by atoms with Gasteiger partial charge in [0, 0.05) is 12.0 Å². The van der Waals surface area contributed by atoms with E-state index >= 15 is 0 Å². The summed E-state index contributed by atoms with van der Waals surface area (Å²) in [7, 11) is -3.47. The van der Waals surface area contributed by atoms with E-state index in [4.69, 9.17) is 5.11 Å². The van der Waals surface area contributed by atoms with Gasteiger partial charge in [-0.1, -0.05) is 30.3 Å². The van der Waals surface area contributed by atoms with E-state index in [1.54, 1.807) is 12.1 Å². The maximum absolute atomic E-state index is 11.4. The third kappa shape index (κ3) is 5.06. The highest BCUT2D eigenvalue weighted by molar-refractivity contribution is 7.92. The zero-order valence-corrected chi connectivity index (χ0v) is 9.81. The fraction of sp³-hybridized carbons (Fsp3) is 0.273. The standard InChI is InChI=1S/C11H15NO3S/c1-10(13)9-12-16(14,15)8-7-11-5-3-2-4-6-11/h2-8,10,12-13H,9H2,1H3/b8-7+/t10-/m1/s1. The molecular formula is C11H15NO3S. The minimum Gasteiger partial charge on any atom is -0.392 e. The molecule has 0 unspecified atom stereocenters. The first-order valence-electron chi connectivity index (χ1n) is 4.90. The van der Waals surface area contributed by atoms with E-state index in [0.29, 0.717) is 0 Å². The highest BCUT2D eigenvalue weighted by Crippen LogP contribution is 2.02. The highest BCUT2D eigenvalue weighted by Gasteiger charge is 2.05. The molecule has 4 nitrogen and oxygen atoms in total. The van der Waals surface area contributed by atoms with Gasteiger partial charge in [0.1, 0.15) is 0 Å². The molecule has 0 saturated carbocycles. The van der Waals surface area contributed by atoms with Crippen LogP contribution in [0.15, 0.2) is 35.7 Å².